The number of rotatable bonds is 4. The van der Waals surface area contributed by atoms with Gasteiger partial charge < -0.3 is 22.1 Å². The maximum atomic E-state index is 5.76. The number of nitrogens with one attached hydrogen (secondary N) is 2. The van der Waals surface area contributed by atoms with Crippen LogP contribution in [0.3, 0.4) is 0 Å². The van der Waals surface area contributed by atoms with Gasteiger partial charge >= 0.3 is 0 Å². The minimum absolute atomic E-state index is 0.601. The summed E-state index contributed by atoms with van der Waals surface area (Å²) in [7, 11) is 1.91. The van der Waals surface area contributed by atoms with E-state index >= 15 is 0 Å². The molecule has 0 aliphatic carbocycles. The van der Waals surface area contributed by atoms with Crippen LogP contribution in [0.2, 0.25) is 0 Å². The molecule has 0 atom stereocenters. The maximum Gasteiger partial charge on any atom is 0.0568 e. The SMILES string of the molecule is CNc1cccc(CNc2ccc(N)c(N)c2)c1. The third kappa shape index (κ3) is 2.85. The fourth-order valence-corrected chi connectivity index (χ4v) is 1.73. The van der Waals surface area contributed by atoms with Crippen molar-refractivity contribution in [1.29, 1.82) is 0 Å². The van der Waals surface area contributed by atoms with Gasteiger partial charge in [-0.2, -0.15) is 0 Å². The van der Waals surface area contributed by atoms with Crippen LogP contribution in [-0.4, -0.2) is 7.05 Å². The zero-order valence-electron chi connectivity index (χ0n) is 10.4. The summed E-state index contributed by atoms with van der Waals surface area (Å²) in [4.78, 5) is 0. The second kappa shape index (κ2) is 5.31. The van der Waals surface area contributed by atoms with E-state index in [-0.39, 0.29) is 0 Å². The highest BCUT2D eigenvalue weighted by atomic mass is 14.9. The van der Waals surface area contributed by atoms with Crippen LogP contribution in [-0.2, 0) is 6.54 Å². The monoisotopic (exact) mass is 242 g/mol. The Kier molecular flexibility index (Phi) is 3.57. The Morgan fingerprint density at radius 2 is 1.78 bits per heavy atom. The van der Waals surface area contributed by atoms with Crippen LogP contribution in [0.1, 0.15) is 5.56 Å². The van der Waals surface area contributed by atoms with Crippen molar-refractivity contribution in [3.8, 4) is 0 Å². The fraction of sp³-hybridized carbons (Fsp3) is 0.143. The van der Waals surface area contributed by atoms with Crippen molar-refractivity contribution in [1.82, 2.24) is 0 Å². The average molecular weight is 242 g/mol. The normalized spacial score (nSPS) is 10.1. The number of hydrogen-bond donors (Lipinski definition) is 4. The van der Waals surface area contributed by atoms with E-state index in [0.29, 0.717) is 11.4 Å². The van der Waals surface area contributed by atoms with E-state index in [4.69, 9.17) is 11.5 Å². The molecule has 0 unspecified atom stereocenters. The van der Waals surface area contributed by atoms with Crippen LogP contribution in [0.5, 0.6) is 0 Å². The van der Waals surface area contributed by atoms with Crippen LogP contribution < -0.4 is 22.1 Å². The topological polar surface area (TPSA) is 76.1 Å². The zero-order chi connectivity index (χ0) is 13.0. The van der Waals surface area contributed by atoms with Gasteiger partial charge in [0, 0.05) is 25.0 Å². The Hall–Kier alpha value is -2.36. The molecule has 0 fully saturated rings. The van der Waals surface area contributed by atoms with Gasteiger partial charge in [-0.1, -0.05) is 12.1 Å². The van der Waals surface area contributed by atoms with Gasteiger partial charge in [-0.05, 0) is 35.9 Å². The first-order valence-corrected chi connectivity index (χ1v) is 5.84. The molecule has 0 bridgehead atoms. The first kappa shape index (κ1) is 12.1. The lowest BCUT2D eigenvalue weighted by molar-refractivity contribution is 1.15. The quantitative estimate of drug-likeness (QED) is 0.621. The van der Waals surface area contributed by atoms with Gasteiger partial charge in [0.1, 0.15) is 0 Å². The van der Waals surface area contributed by atoms with Crippen molar-refractivity contribution < 1.29 is 0 Å². The molecular formula is C14H18N4. The molecule has 0 aliphatic heterocycles. The predicted molar refractivity (Wildman–Crippen MR) is 78.6 cm³/mol. The van der Waals surface area contributed by atoms with Crippen LogP contribution in [0, 0.1) is 0 Å². The fourth-order valence-electron chi connectivity index (χ4n) is 1.73. The van der Waals surface area contributed by atoms with Crippen LogP contribution in [0.4, 0.5) is 22.7 Å². The van der Waals surface area contributed by atoms with Gasteiger partial charge in [-0.15, -0.1) is 0 Å². The predicted octanol–water partition coefficient (Wildman–Crippen LogP) is 2.50. The van der Waals surface area contributed by atoms with Crippen molar-refractivity contribution in [2.45, 2.75) is 6.54 Å². The highest BCUT2D eigenvalue weighted by Gasteiger charge is 1.98. The Balaban J connectivity index is 2.04. The molecule has 4 heteroatoms. The molecule has 18 heavy (non-hydrogen) atoms. The summed E-state index contributed by atoms with van der Waals surface area (Å²) in [6.07, 6.45) is 0. The van der Waals surface area contributed by atoms with Crippen molar-refractivity contribution >= 4 is 22.7 Å². The Labute approximate surface area is 107 Å². The molecule has 0 aliphatic rings. The molecule has 2 aromatic rings. The highest BCUT2D eigenvalue weighted by molar-refractivity contribution is 5.69. The lowest BCUT2D eigenvalue weighted by atomic mass is 10.2. The van der Waals surface area contributed by atoms with Gasteiger partial charge in [0.05, 0.1) is 11.4 Å². The van der Waals surface area contributed by atoms with E-state index in [2.05, 4.69) is 22.8 Å². The van der Waals surface area contributed by atoms with Gasteiger partial charge in [0.25, 0.3) is 0 Å². The summed E-state index contributed by atoms with van der Waals surface area (Å²) in [5.74, 6) is 0. The number of benzene rings is 2. The average Bonchev–Trinajstić information content (AvgIpc) is 2.40. The van der Waals surface area contributed by atoms with Gasteiger partial charge in [-0.25, -0.2) is 0 Å². The van der Waals surface area contributed by atoms with Crippen LogP contribution in [0.15, 0.2) is 42.5 Å². The van der Waals surface area contributed by atoms with Crippen LogP contribution in [0.25, 0.3) is 0 Å². The number of anilines is 4. The molecule has 94 valence electrons. The summed E-state index contributed by atoms with van der Waals surface area (Å²) >= 11 is 0. The van der Waals surface area contributed by atoms with Gasteiger partial charge in [-0.3, -0.25) is 0 Å². The molecule has 0 amide bonds. The Morgan fingerprint density at radius 1 is 0.944 bits per heavy atom. The molecule has 0 saturated carbocycles. The molecule has 0 saturated heterocycles. The number of nitrogen functional groups attached to an aromatic ring is 2. The van der Waals surface area contributed by atoms with Gasteiger partial charge in [0.15, 0.2) is 0 Å². The van der Waals surface area contributed by atoms with Crippen molar-refractivity contribution in [3.63, 3.8) is 0 Å². The number of nitrogens with two attached hydrogens (primary N) is 2. The molecule has 4 nitrogen and oxygen atoms in total. The second-order valence-corrected chi connectivity index (χ2v) is 4.15. The molecule has 2 aromatic carbocycles. The molecule has 0 heterocycles. The molecular weight excluding hydrogens is 224 g/mol. The van der Waals surface area contributed by atoms with E-state index in [0.717, 1.165) is 17.9 Å². The van der Waals surface area contributed by atoms with E-state index in [1.807, 2.05) is 37.4 Å². The molecule has 6 N–H and O–H groups in total. The first-order valence-electron chi connectivity index (χ1n) is 5.84. The van der Waals surface area contributed by atoms with E-state index in [1.165, 1.54) is 5.56 Å². The highest BCUT2D eigenvalue weighted by Crippen LogP contribution is 2.20. The standard InChI is InChI=1S/C14H18N4/c1-17-11-4-2-3-10(7-11)9-18-12-5-6-13(15)14(16)8-12/h2-8,17-18H,9,15-16H2,1H3. The molecule has 0 radical (unpaired) electrons. The van der Waals surface area contributed by atoms with Gasteiger partial charge in [0.2, 0.25) is 0 Å². The zero-order valence-corrected chi connectivity index (χ0v) is 10.4. The minimum atomic E-state index is 0.601. The van der Waals surface area contributed by atoms with Crippen molar-refractivity contribution in [2.75, 3.05) is 29.1 Å². The summed E-state index contributed by atoms with van der Waals surface area (Å²) in [6.45, 7) is 0.749. The maximum absolute atomic E-state index is 5.76. The Bertz CT molecular complexity index is 537. The molecule has 0 spiro atoms. The largest absolute Gasteiger partial charge is 0.397 e. The third-order valence-electron chi connectivity index (χ3n) is 2.80. The second-order valence-electron chi connectivity index (χ2n) is 4.15. The lowest BCUT2D eigenvalue weighted by Crippen LogP contribution is -2.02. The summed E-state index contributed by atoms with van der Waals surface area (Å²) < 4.78 is 0. The minimum Gasteiger partial charge on any atom is -0.397 e. The van der Waals surface area contributed by atoms with Crippen molar-refractivity contribution in [2.24, 2.45) is 0 Å². The summed E-state index contributed by atoms with van der Waals surface area (Å²) in [5, 5.41) is 6.43. The summed E-state index contributed by atoms with van der Waals surface area (Å²) in [6, 6.07) is 13.8. The first-order chi connectivity index (χ1) is 8.69. The van der Waals surface area contributed by atoms with Crippen LogP contribution >= 0.6 is 0 Å². The third-order valence-corrected chi connectivity index (χ3v) is 2.80. The number of hydrogen-bond acceptors (Lipinski definition) is 4. The Morgan fingerprint density at radius 3 is 2.50 bits per heavy atom. The van der Waals surface area contributed by atoms with Crippen molar-refractivity contribution in [3.05, 3.63) is 48.0 Å². The lowest BCUT2D eigenvalue weighted by Gasteiger charge is -2.09. The molecule has 0 aromatic heterocycles. The van der Waals surface area contributed by atoms with E-state index in [1.54, 1.807) is 0 Å². The summed E-state index contributed by atoms with van der Waals surface area (Å²) in [5.41, 5.74) is 15.9. The van der Waals surface area contributed by atoms with E-state index < -0.39 is 0 Å². The smallest absolute Gasteiger partial charge is 0.0568 e. The molecule has 2 rings (SSSR count). The van der Waals surface area contributed by atoms with E-state index in [9.17, 15) is 0 Å².